The molecule has 0 radical (unpaired) electrons. The zero-order chi connectivity index (χ0) is 12.7. The fourth-order valence-electron chi connectivity index (χ4n) is 2.57. The normalized spacial score (nSPS) is 14.6. The zero-order valence-corrected chi connectivity index (χ0v) is 11.6. The molecule has 1 aromatic carbocycles. The van der Waals surface area contributed by atoms with Crippen LogP contribution in [0, 0.1) is 0 Å². The van der Waals surface area contributed by atoms with Crippen molar-refractivity contribution >= 4 is 34.1 Å². The topological polar surface area (TPSA) is 22.1 Å². The summed E-state index contributed by atoms with van der Waals surface area (Å²) in [6, 6.07) is 3.65. The Morgan fingerprint density at radius 3 is 2.72 bits per heavy atom. The van der Waals surface area contributed by atoms with Crippen LogP contribution in [0.4, 0.5) is 0 Å². The van der Waals surface area contributed by atoms with E-state index in [1.165, 1.54) is 12.8 Å². The average Bonchev–Trinajstić information content (AvgIpc) is 2.39. The Balaban J connectivity index is 2.41. The predicted octanol–water partition coefficient (Wildman–Crippen LogP) is 4.43. The molecule has 0 unspecified atom stereocenters. The van der Waals surface area contributed by atoms with E-state index in [9.17, 15) is 0 Å². The summed E-state index contributed by atoms with van der Waals surface area (Å²) in [5, 5.41) is 2.20. The molecule has 1 heterocycles. The Bertz CT molecular complexity index is 625. The number of methoxy groups -OCH3 is 1. The Morgan fingerprint density at radius 1 is 1.17 bits per heavy atom. The molecule has 0 aliphatic heterocycles. The van der Waals surface area contributed by atoms with E-state index in [0.717, 1.165) is 45.8 Å². The fraction of sp³-hybridized carbons (Fsp3) is 0.357. The Labute approximate surface area is 116 Å². The molecule has 1 aliphatic carbocycles. The monoisotopic (exact) mass is 281 g/mol. The van der Waals surface area contributed by atoms with Gasteiger partial charge in [0, 0.05) is 11.1 Å². The van der Waals surface area contributed by atoms with E-state index in [1.807, 2.05) is 12.1 Å². The molecule has 2 aromatic rings. The minimum Gasteiger partial charge on any atom is -0.494 e. The van der Waals surface area contributed by atoms with Gasteiger partial charge in [0.05, 0.1) is 17.2 Å². The molecule has 18 heavy (non-hydrogen) atoms. The number of fused-ring (bicyclic) bond motifs is 2. The Kier molecular flexibility index (Phi) is 3.08. The van der Waals surface area contributed by atoms with Gasteiger partial charge in [-0.15, -0.1) is 0 Å². The van der Waals surface area contributed by atoms with Gasteiger partial charge in [-0.2, -0.15) is 0 Å². The molecule has 0 atom stereocenters. The highest BCUT2D eigenvalue weighted by molar-refractivity contribution is 6.42. The second-order valence-electron chi connectivity index (χ2n) is 4.53. The molecule has 0 saturated heterocycles. The van der Waals surface area contributed by atoms with Crippen molar-refractivity contribution in [1.82, 2.24) is 4.98 Å². The van der Waals surface area contributed by atoms with E-state index < -0.39 is 0 Å². The van der Waals surface area contributed by atoms with Crippen LogP contribution in [0.25, 0.3) is 10.9 Å². The lowest BCUT2D eigenvalue weighted by Gasteiger charge is -2.19. The first-order chi connectivity index (χ1) is 8.72. The lowest BCUT2D eigenvalue weighted by Crippen LogP contribution is -2.07. The van der Waals surface area contributed by atoms with Crippen molar-refractivity contribution in [3.63, 3.8) is 0 Å². The van der Waals surface area contributed by atoms with E-state index in [1.54, 1.807) is 7.11 Å². The van der Waals surface area contributed by atoms with Crippen LogP contribution in [0.2, 0.25) is 10.0 Å². The van der Waals surface area contributed by atoms with Crippen molar-refractivity contribution in [2.24, 2.45) is 0 Å². The van der Waals surface area contributed by atoms with Crippen LogP contribution in [0.1, 0.15) is 24.1 Å². The van der Waals surface area contributed by atoms with Crippen LogP contribution in [-0.2, 0) is 12.8 Å². The molecular weight excluding hydrogens is 269 g/mol. The molecule has 0 fully saturated rings. The van der Waals surface area contributed by atoms with Crippen LogP contribution in [-0.4, -0.2) is 12.1 Å². The third kappa shape index (κ3) is 1.75. The molecule has 1 aliphatic rings. The summed E-state index contributed by atoms with van der Waals surface area (Å²) in [6.07, 6.45) is 4.32. The molecule has 4 heteroatoms. The maximum Gasteiger partial charge on any atom is 0.145 e. The number of rotatable bonds is 1. The van der Waals surface area contributed by atoms with Crippen LogP contribution in [0.15, 0.2) is 12.1 Å². The number of hydrogen-bond donors (Lipinski definition) is 0. The van der Waals surface area contributed by atoms with Crippen molar-refractivity contribution in [2.45, 2.75) is 25.7 Å². The standard InChI is InChI=1S/C14H13Cl2NO/c1-18-11-7-6-9(15)12-13(16)8-4-2-3-5-10(8)17-14(11)12/h6-7H,2-5H2,1H3. The van der Waals surface area contributed by atoms with Crippen LogP contribution in [0.3, 0.4) is 0 Å². The molecule has 1 aromatic heterocycles. The molecule has 0 bridgehead atoms. The first kappa shape index (κ1) is 12.1. The van der Waals surface area contributed by atoms with Crippen molar-refractivity contribution in [1.29, 1.82) is 0 Å². The lowest BCUT2D eigenvalue weighted by molar-refractivity contribution is 0.418. The van der Waals surface area contributed by atoms with E-state index >= 15 is 0 Å². The molecule has 2 nitrogen and oxygen atoms in total. The molecule has 0 N–H and O–H groups in total. The average molecular weight is 282 g/mol. The summed E-state index contributed by atoms with van der Waals surface area (Å²) in [6.45, 7) is 0. The summed E-state index contributed by atoms with van der Waals surface area (Å²) in [5.74, 6) is 0.727. The van der Waals surface area contributed by atoms with Gasteiger partial charge < -0.3 is 4.74 Å². The van der Waals surface area contributed by atoms with Gasteiger partial charge in [-0.05, 0) is 43.4 Å². The third-order valence-electron chi connectivity index (χ3n) is 3.48. The molecule has 0 saturated carbocycles. The molecule has 3 rings (SSSR count). The zero-order valence-electron chi connectivity index (χ0n) is 10.1. The highest BCUT2D eigenvalue weighted by Gasteiger charge is 2.20. The minimum absolute atomic E-state index is 0.636. The Hall–Kier alpha value is -0.990. The lowest BCUT2D eigenvalue weighted by atomic mass is 9.94. The largest absolute Gasteiger partial charge is 0.494 e. The summed E-state index contributed by atoms with van der Waals surface area (Å²) in [5.41, 5.74) is 3.03. The molecular formula is C14H13Cl2NO. The fourth-order valence-corrected chi connectivity index (χ4v) is 3.26. The summed E-state index contributed by atoms with van der Waals surface area (Å²) >= 11 is 12.8. The maximum atomic E-state index is 6.51. The number of benzene rings is 1. The van der Waals surface area contributed by atoms with Gasteiger partial charge >= 0.3 is 0 Å². The number of aromatic nitrogens is 1. The van der Waals surface area contributed by atoms with Crippen molar-refractivity contribution in [2.75, 3.05) is 7.11 Å². The number of ether oxygens (including phenoxy) is 1. The molecule has 0 amide bonds. The van der Waals surface area contributed by atoms with E-state index in [-0.39, 0.29) is 0 Å². The van der Waals surface area contributed by atoms with Gasteiger partial charge in [-0.3, -0.25) is 0 Å². The van der Waals surface area contributed by atoms with Crippen LogP contribution >= 0.6 is 23.2 Å². The summed E-state index contributed by atoms with van der Waals surface area (Å²) in [7, 11) is 1.64. The minimum atomic E-state index is 0.636. The van der Waals surface area contributed by atoms with Gasteiger partial charge in [-0.1, -0.05) is 23.2 Å². The second-order valence-corrected chi connectivity index (χ2v) is 5.32. The van der Waals surface area contributed by atoms with Crippen molar-refractivity contribution in [3.05, 3.63) is 33.4 Å². The maximum absolute atomic E-state index is 6.51. The molecule has 0 spiro atoms. The first-order valence-electron chi connectivity index (χ1n) is 6.06. The number of aryl methyl sites for hydroxylation is 1. The third-order valence-corrected chi connectivity index (χ3v) is 4.21. The van der Waals surface area contributed by atoms with Gasteiger partial charge in [0.1, 0.15) is 11.3 Å². The summed E-state index contributed by atoms with van der Waals surface area (Å²) in [4.78, 5) is 4.71. The predicted molar refractivity (Wildman–Crippen MR) is 75.0 cm³/mol. The van der Waals surface area contributed by atoms with E-state index in [0.29, 0.717) is 5.02 Å². The highest BCUT2D eigenvalue weighted by Crippen LogP contribution is 2.39. The van der Waals surface area contributed by atoms with Gasteiger partial charge in [0.15, 0.2) is 0 Å². The smallest absolute Gasteiger partial charge is 0.145 e. The van der Waals surface area contributed by atoms with Crippen molar-refractivity contribution in [3.8, 4) is 5.75 Å². The van der Waals surface area contributed by atoms with Gasteiger partial charge in [-0.25, -0.2) is 4.98 Å². The Morgan fingerprint density at radius 2 is 1.94 bits per heavy atom. The SMILES string of the molecule is COc1ccc(Cl)c2c(Cl)c3c(nc12)CCCC3. The number of nitrogens with zero attached hydrogens (tertiary/aromatic N) is 1. The van der Waals surface area contributed by atoms with Crippen LogP contribution < -0.4 is 4.74 Å². The number of pyridine rings is 1. The van der Waals surface area contributed by atoms with Crippen LogP contribution in [0.5, 0.6) is 5.75 Å². The quantitative estimate of drug-likeness (QED) is 0.772. The van der Waals surface area contributed by atoms with E-state index in [4.69, 9.17) is 32.9 Å². The molecule has 94 valence electrons. The van der Waals surface area contributed by atoms with Gasteiger partial charge in [0.2, 0.25) is 0 Å². The first-order valence-corrected chi connectivity index (χ1v) is 6.81. The number of halogens is 2. The number of hydrogen-bond acceptors (Lipinski definition) is 2. The van der Waals surface area contributed by atoms with Crippen molar-refractivity contribution < 1.29 is 4.74 Å². The summed E-state index contributed by atoms with van der Waals surface area (Å²) < 4.78 is 5.35. The van der Waals surface area contributed by atoms with E-state index in [2.05, 4.69) is 0 Å². The second kappa shape index (κ2) is 4.60. The van der Waals surface area contributed by atoms with Gasteiger partial charge in [0.25, 0.3) is 0 Å². The highest BCUT2D eigenvalue weighted by atomic mass is 35.5.